The number of hydrogen-bond donors (Lipinski definition) is 0. The summed E-state index contributed by atoms with van der Waals surface area (Å²) in [6.45, 7) is 4.08. The molecule has 0 radical (unpaired) electrons. The number of ether oxygens (including phenoxy) is 3. The van der Waals surface area contributed by atoms with E-state index in [2.05, 4.69) is 0 Å². The number of anilines is 1. The molecule has 1 fully saturated rings. The second-order valence-corrected chi connectivity index (χ2v) is 6.29. The Hall–Kier alpha value is -2.35. The highest BCUT2D eigenvalue weighted by atomic mass is 16.6. The standard InChI is InChI=1S/C16H20N2O6/c1-16(10-15(19)22-2)9-11-7-13(18(20)21)12(8-14(11)24-16)17-3-5-23-6-4-17/h7-8H,3-6,9-10H2,1-2H3. The zero-order valence-corrected chi connectivity index (χ0v) is 13.7. The lowest BCUT2D eigenvalue weighted by molar-refractivity contribution is -0.384. The average Bonchev–Trinajstić information content (AvgIpc) is 2.88. The Kier molecular flexibility index (Phi) is 4.31. The van der Waals surface area contributed by atoms with Crippen molar-refractivity contribution < 1.29 is 23.9 Å². The van der Waals surface area contributed by atoms with Crippen LogP contribution >= 0.6 is 0 Å². The van der Waals surface area contributed by atoms with Gasteiger partial charge in [-0.1, -0.05) is 0 Å². The number of nitro benzene ring substituents is 1. The van der Waals surface area contributed by atoms with Crippen LogP contribution in [-0.4, -0.2) is 49.9 Å². The van der Waals surface area contributed by atoms with Crippen molar-refractivity contribution in [3.8, 4) is 5.75 Å². The van der Waals surface area contributed by atoms with Gasteiger partial charge in [0.2, 0.25) is 0 Å². The highest BCUT2D eigenvalue weighted by molar-refractivity contribution is 5.72. The molecule has 8 heteroatoms. The summed E-state index contributed by atoms with van der Waals surface area (Å²) in [4.78, 5) is 24.6. The van der Waals surface area contributed by atoms with Gasteiger partial charge in [-0.2, -0.15) is 0 Å². The molecule has 0 bridgehead atoms. The molecule has 3 rings (SSSR count). The third kappa shape index (κ3) is 3.14. The third-order valence-electron chi connectivity index (χ3n) is 4.37. The van der Waals surface area contributed by atoms with Crippen LogP contribution in [0.4, 0.5) is 11.4 Å². The van der Waals surface area contributed by atoms with Crippen LogP contribution in [0.25, 0.3) is 0 Å². The number of nitro groups is 1. The van der Waals surface area contributed by atoms with E-state index in [0.29, 0.717) is 44.2 Å². The lowest BCUT2D eigenvalue weighted by Crippen LogP contribution is -2.36. The molecular weight excluding hydrogens is 316 g/mol. The molecule has 1 aromatic rings. The van der Waals surface area contributed by atoms with E-state index in [1.807, 2.05) is 11.8 Å². The largest absolute Gasteiger partial charge is 0.486 e. The summed E-state index contributed by atoms with van der Waals surface area (Å²) >= 11 is 0. The summed E-state index contributed by atoms with van der Waals surface area (Å²) in [5.41, 5.74) is 0.587. The molecule has 2 aliphatic heterocycles. The number of carbonyl (C=O) groups excluding carboxylic acids is 1. The zero-order chi connectivity index (χ0) is 17.3. The first kappa shape index (κ1) is 16.5. The SMILES string of the molecule is COC(=O)CC1(C)Cc2cc([N+](=O)[O-])c(N3CCOCC3)cc2O1. The summed E-state index contributed by atoms with van der Waals surface area (Å²) in [6, 6.07) is 3.27. The predicted octanol–water partition coefficient (Wildman–Crippen LogP) is 1.69. The van der Waals surface area contributed by atoms with E-state index in [9.17, 15) is 14.9 Å². The average molecular weight is 336 g/mol. The van der Waals surface area contributed by atoms with Crippen LogP contribution in [0.1, 0.15) is 18.9 Å². The van der Waals surface area contributed by atoms with E-state index in [0.717, 1.165) is 5.56 Å². The number of nitrogens with zero attached hydrogens (tertiary/aromatic N) is 2. The number of methoxy groups -OCH3 is 1. The number of benzene rings is 1. The summed E-state index contributed by atoms with van der Waals surface area (Å²) < 4.78 is 16.0. The van der Waals surface area contributed by atoms with Crippen LogP contribution in [0.3, 0.4) is 0 Å². The fraction of sp³-hybridized carbons (Fsp3) is 0.562. The van der Waals surface area contributed by atoms with Gasteiger partial charge in [-0.15, -0.1) is 0 Å². The van der Waals surface area contributed by atoms with Crippen LogP contribution in [0.15, 0.2) is 12.1 Å². The highest BCUT2D eigenvalue weighted by Gasteiger charge is 2.39. The Morgan fingerprint density at radius 1 is 1.42 bits per heavy atom. The van der Waals surface area contributed by atoms with Gasteiger partial charge >= 0.3 is 5.97 Å². The topological polar surface area (TPSA) is 91.1 Å². The van der Waals surface area contributed by atoms with E-state index in [4.69, 9.17) is 14.2 Å². The quantitative estimate of drug-likeness (QED) is 0.469. The maximum absolute atomic E-state index is 11.6. The molecule has 0 aromatic heterocycles. The minimum absolute atomic E-state index is 0.0570. The van der Waals surface area contributed by atoms with Gasteiger partial charge in [0.25, 0.3) is 5.69 Å². The number of rotatable bonds is 4. The lowest BCUT2D eigenvalue weighted by atomic mass is 9.95. The van der Waals surface area contributed by atoms with Gasteiger partial charge in [0.15, 0.2) is 0 Å². The highest BCUT2D eigenvalue weighted by Crippen LogP contribution is 2.43. The molecule has 0 aliphatic carbocycles. The fourth-order valence-electron chi connectivity index (χ4n) is 3.22. The first-order chi connectivity index (χ1) is 11.4. The minimum atomic E-state index is -0.743. The van der Waals surface area contributed by atoms with Crippen molar-refractivity contribution in [3.05, 3.63) is 27.8 Å². The fourth-order valence-corrected chi connectivity index (χ4v) is 3.22. The summed E-state index contributed by atoms with van der Waals surface area (Å²) in [7, 11) is 1.33. The zero-order valence-electron chi connectivity index (χ0n) is 13.7. The monoisotopic (exact) mass is 336 g/mol. The molecule has 0 spiro atoms. The normalized spacial score (nSPS) is 22.7. The second kappa shape index (κ2) is 6.27. The summed E-state index contributed by atoms with van der Waals surface area (Å²) in [5.74, 6) is 0.224. The first-order valence-electron chi connectivity index (χ1n) is 7.82. The molecule has 8 nitrogen and oxygen atoms in total. The van der Waals surface area contributed by atoms with Crippen molar-refractivity contribution in [1.82, 2.24) is 0 Å². The molecule has 1 aromatic carbocycles. The van der Waals surface area contributed by atoms with Gasteiger partial charge in [-0.3, -0.25) is 14.9 Å². The molecule has 0 amide bonds. The van der Waals surface area contributed by atoms with Crippen molar-refractivity contribution in [1.29, 1.82) is 0 Å². The smallest absolute Gasteiger partial charge is 0.309 e. The Morgan fingerprint density at radius 2 is 2.12 bits per heavy atom. The van der Waals surface area contributed by atoms with Crippen LogP contribution in [0, 0.1) is 10.1 Å². The van der Waals surface area contributed by atoms with Crippen molar-refractivity contribution >= 4 is 17.3 Å². The van der Waals surface area contributed by atoms with Crippen LogP contribution in [-0.2, 0) is 20.7 Å². The molecule has 1 atom stereocenters. The molecule has 0 saturated carbocycles. The summed E-state index contributed by atoms with van der Waals surface area (Å²) in [6.07, 6.45) is 0.528. The van der Waals surface area contributed by atoms with E-state index in [1.54, 1.807) is 12.1 Å². The Balaban J connectivity index is 1.92. The first-order valence-corrected chi connectivity index (χ1v) is 7.82. The van der Waals surface area contributed by atoms with Gasteiger partial charge in [0.1, 0.15) is 17.0 Å². The summed E-state index contributed by atoms with van der Waals surface area (Å²) in [5, 5.41) is 11.5. The van der Waals surface area contributed by atoms with Gasteiger partial charge in [-0.25, -0.2) is 0 Å². The number of carbonyl (C=O) groups is 1. The predicted molar refractivity (Wildman–Crippen MR) is 85.5 cm³/mol. The van der Waals surface area contributed by atoms with Gasteiger partial charge < -0.3 is 19.1 Å². The second-order valence-electron chi connectivity index (χ2n) is 6.29. The maximum Gasteiger partial charge on any atom is 0.309 e. The third-order valence-corrected chi connectivity index (χ3v) is 4.37. The van der Waals surface area contributed by atoms with Crippen LogP contribution in [0.2, 0.25) is 0 Å². The molecule has 2 aliphatic rings. The molecule has 24 heavy (non-hydrogen) atoms. The van der Waals surface area contributed by atoms with Crippen LogP contribution < -0.4 is 9.64 Å². The van der Waals surface area contributed by atoms with E-state index < -0.39 is 5.60 Å². The van der Waals surface area contributed by atoms with Crippen molar-refractivity contribution in [2.45, 2.75) is 25.4 Å². The number of fused-ring (bicyclic) bond motifs is 1. The Morgan fingerprint density at radius 3 is 2.75 bits per heavy atom. The molecule has 1 saturated heterocycles. The van der Waals surface area contributed by atoms with E-state index >= 15 is 0 Å². The van der Waals surface area contributed by atoms with Gasteiger partial charge in [-0.05, 0) is 6.92 Å². The number of esters is 1. The molecule has 1 unspecified atom stereocenters. The number of morpholine rings is 1. The van der Waals surface area contributed by atoms with E-state index in [1.165, 1.54) is 7.11 Å². The maximum atomic E-state index is 11.6. The number of hydrogen-bond acceptors (Lipinski definition) is 7. The van der Waals surface area contributed by atoms with Crippen molar-refractivity contribution in [3.63, 3.8) is 0 Å². The molecule has 130 valence electrons. The van der Waals surface area contributed by atoms with Crippen molar-refractivity contribution in [2.24, 2.45) is 0 Å². The van der Waals surface area contributed by atoms with E-state index in [-0.39, 0.29) is 23.0 Å². The van der Waals surface area contributed by atoms with Gasteiger partial charge in [0, 0.05) is 37.2 Å². The molecular formula is C16H20N2O6. The van der Waals surface area contributed by atoms with Crippen molar-refractivity contribution in [2.75, 3.05) is 38.3 Å². The molecule has 0 N–H and O–H groups in total. The van der Waals surface area contributed by atoms with Crippen LogP contribution in [0.5, 0.6) is 5.75 Å². The Labute approximate surface area is 139 Å². The Bertz CT molecular complexity index is 671. The lowest BCUT2D eigenvalue weighted by Gasteiger charge is -2.28. The minimum Gasteiger partial charge on any atom is -0.486 e. The molecule has 2 heterocycles. The van der Waals surface area contributed by atoms with Gasteiger partial charge in [0.05, 0.1) is 31.7 Å².